The molecule has 1 heterocycles. The predicted octanol–water partition coefficient (Wildman–Crippen LogP) is 2.92. The van der Waals surface area contributed by atoms with Crippen molar-refractivity contribution >= 4 is 18.0 Å². The Morgan fingerprint density at radius 1 is 1.65 bits per heavy atom. The Balaban J connectivity index is 2.43. The molecule has 1 aliphatic rings. The van der Waals surface area contributed by atoms with Crippen LogP contribution < -0.4 is 4.74 Å². The maximum Gasteiger partial charge on any atom is 0.154 e. The maximum atomic E-state index is 11.1. The van der Waals surface area contributed by atoms with E-state index in [1.54, 1.807) is 17.8 Å². The number of thioether (sulfide) groups is 1. The zero-order valence-electron chi connectivity index (χ0n) is 10.0. The largest absolute Gasteiger partial charge is 0.508 e. The number of rotatable bonds is 3. The van der Waals surface area contributed by atoms with Gasteiger partial charge < -0.3 is 9.84 Å². The van der Waals surface area contributed by atoms with Crippen LogP contribution in [0.1, 0.15) is 34.8 Å². The third-order valence-electron chi connectivity index (χ3n) is 2.96. The van der Waals surface area contributed by atoms with Crippen molar-refractivity contribution in [2.45, 2.75) is 32.1 Å². The first kappa shape index (κ1) is 12.3. The molecule has 0 aromatic heterocycles. The van der Waals surface area contributed by atoms with E-state index in [0.717, 1.165) is 36.0 Å². The first-order chi connectivity index (χ1) is 8.17. The SMILES string of the molecule is CCSC1CCc2c(O)cc(C)c(C=O)c2O1. The Bertz CT molecular complexity index is 443. The molecule has 0 bridgehead atoms. The van der Waals surface area contributed by atoms with Gasteiger partial charge >= 0.3 is 0 Å². The number of aromatic hydroxyl groups is 1. The van der Waals surface area contributed by atoms with Crippen LogP contribution in [-0.4, -0.2) is 22.6 Å². The topological polar surface area (TPSA) is 46.5 Å². The van der Waals surface area contributed by atoms with Crippen LogP contribution in [0.15, 0.2) is 6.07 Å². The number of fused-ring (bicyclic) bond motifs is 1. The standard InChI is InChI=1S/C13H16O3S/c1-3-17-12-5-4-9-11(15)6-8(2)10(7-14)13(9)16-12/h6-7,12,15H,3-5H2,1-2H3. The number of carbonyl (C=O) groups is 1. The van der Waals surface area contributed by atoms with Gasteiger partial charge in [0.05, 0.1) is 5.56 Å². The third-order valence-corrected chi connectivity index (χ3v) is 3.99. The number of hydrogen-bond donors (Lipinski definition) is 1. The van der Waals surface area contributed by atoms with Crippen LogP contribution in [0.5, 0.6) is 11.5 Å². The highest BCUT2D eigenvalue weighted by Crippen LogP contribution is 2.40. The number of phenols is 1. The van der Waals surface area contributed by atoms with Crippen molar-refractivity contribution in [3.63, 3.8) is 0 Å². The van der Waals surface area contributed by atoms with Gasteiger partial charge in [0.1, 0.15) is 16.9 Å². The summed E-state index contributed by atoms with van der Waals surface area (Å²) in [4.78, 5) is 11.1. The summed E-state index contributed by atoms with van der Waals surface area (Å²) < 4.78 is 5.83. The predicted molar refractivity (Wildman–Crippen MR) is 69.1 cm³/mol. The smallest absolute Gasteiger partial charge is 0.154 e. The monoisotopic (exact) mass is 252 g/mol. The molecule has 0 saturated heterocycles. The summed E-state index contributed by atoms with van der Waals surface area (Å²) in [6.45, 7) is 3.89. The van der Waals surface area contributed by atoms with Gasteiger partial charge in [0.15, 0.2) is 6.29 Å². The Morgan fingerprint density at radius 3 is 3.06 bits per heavy atom. The van der Waals surface area contributed by atoms with Gasteiger partial charge in [0.2, 0.25) is 0 Å². The molecule has 0 saturated carbocycles. The molecule has 1 aromatic rings. The summed E-state index contributed by atoms with van der Waals surface area (Å²) in [5.74, 6) is 1.80. The maximum absolute atomic E-state index is 11.1. The van der Waals surface area contributed by atoms with Gasteiger partial charge in [-0.2, -0.15) is 0 Å². The molecule has 0 spiro atoms. The number of benzene rings is 1. The van der Waals surface area contributed by atoms with E-state index >= 15 is 0 Å². The van der Waals surface area contributed by atoms with Crippen LogP contribution in [0, 0.1) is 6.92 Å². The zero-order valence-corrected chi connectivity index (χ0v) is 10.8. The minimum absolute atomic E-state index is 0.0902. The second kappa shape index (κ2) is 5.00. The van der Waals surface area contributed by atoms with Gasteiger partial charge in [0.25, 0.3) is 0 Å². The van der Waals surface area contributed by atoms with E-state index in [4.69, 9.17) is 4.74 Å². The number of carbonyl (C=O) groups excluding carboxylic acids is 1. The zero-order chi connectivity index (χ0) is 12.4. The van der Waals surface area contributed by atoms with E-state index in [-0.39, 0.29) is 11.2 Å². The quantitative estimate of drug-likeness (QED) is 0.840. The molecule has 1 unspecified atom stereocenters. The minimum Gasteiger partial charge on any atom is -0.508 e. The van der Waals surface area contributed by atoms with Crippen LogP contribution in [-0.2, 0) is 6.42 Å². The Kier molecular flexibility index (Phi) is 3.62. The van der Waals surface area contributed by atoms with Crippen molar-refractivity contribution in [2.24, 2.45) is 0 Å². The van der Waals surface area contributed by atoms with Crippen LogP contribution >= 0.6 is 11.8 Å². The molecule has 1 aromatic carbocycles. The van der Waals surface area contributed by atoms with Crippen LogP contribution in [0.2, 0.25) is 0 Å². The lowest BCUT2D eigenvalue weighted by Crippen LogP contribution is -2.21. The molecular formula is C13H16O3S. The van der Waals surface area contributed by atoms with Crippen LogP contribution in [0.4, 0.5) is 0 Å². The number of aldehydes is 1. The summed E-state index contributed by atoms with van der Waals surface area (Å²) in [6.07, 6.45) is 2.45. The highest BCUT2D eigenvalue weighted by molar-refractivity contribution is 7.99. The molecule has 0 aliphatic carbocycles. The molecule has 2 rings (SSSR count). The van der Waals surface area contributed by atoms with Gasteiger partial charge in [-0.25, -0.2) is 0 Å². The molecule has 4 heteroatoms. The van der Waals surface area contributed by atoms with E-state index in [1.807, 2.05) is 6.92 Å². The second-order valence-electron chi connectivity index (χ2n) is 4.09. The Hall–Kier alpha value is -1.16. The average molecular weight is 252 g/mol. The fourth-order valence-electron chi connectivity index (χ4n) is 2.11. The van der Waals surface area contributed by atoms with Gasteiger partial charge in [-0.3, -0.25) is 4.79 Å². The first-order valence-corrected chi connectivity index (χ1v) is 6.81. The second-order valence-corrected chi connectivity index (χ2v) is 5.53. The van der Waals surface area contributed by atoms with E-state index in [1.165, 1.54) is 0 Å². The molecule has 1 N–H and O–H groups in total. The lowest BCUT2D eigenvalue weighted by atomic mass is 9.98. The molecule has 0 radical (unpaired) electrons. The van der Waals surface area contributed by atoms with Gasteiger partial charge in [-0.1, -0.05) is 6.92 Å². The number of aryl methyl sites for hydroxylation is 1. The Labute approximate surface area is 105 Å². The molecule has 1 atom stereocenters. The van der Waals surface area contributed by atoms with Crippen molar-refractivity contribution in [1.82, 2.24) is 0 Å². The fraction of sp³-hybridized carbons (Fsp3) is 0.462. The normalized spacial score (nSPS) is 18.4. The number of phenolic OH excluding ortho intramolecular Hbond substituents is 1. The summed E-state index contributed by atoms with van der Waals surface area (Å²) in [6, 6.07) is 1.64. The summed E-state index contributed by atoms with van der Waals surface area (Å²) in [7, 11) is 0. The van der Waals surface area contributed by atoms with E-state index < -0.39 is 0 Å². The van der Waals surface area contributed by atoms with Gasteiger partial charge in [0, 0.05) is 5.56 Å². The van der Waals surface area contributed by atoms with Crippen molar-refractivity contribution in [2.75, 3.05) is 5.75 Å². The summed E-state index contributed by atoms with van der Waals surface area (Å²) in [5, 5.41) is 9.87. The summed E-state index contributed by atoms with van der Waals surface area (Å²) in [5.41, 5.74) is 2.19. The van der Waals surface area contributed by atoms with E-state index in [0.29, 0.717) is 11.3 Å². The van der Waals surface area contributed by atoms with Crippen LogP contribution in [0.3, 0.4) is 0 Å². The highest BCUT2D eigenvalue weighted by atomic mass is 32.2. The summed E-state index contributed by atoms with van der Waals surface area (Å²) >= 11 is 1.73. The van der Waals surface area contributed by atoms with Gasteiger partial charge in [-0.15, -0.1) is 11.8 Å². The molecule has 17 heavy (non-hydrogen) atoms. The molecular weight excluding hydrogens is 236 g/mol. The molecule has 0 fully saturated rings. The molecule has 92 valence electrons. The van der Waals surface area contributed by atoms with Crippen molar-refractivity contribution in [3.05, 3.63) is 22.8 Å². The lowest BCUT2D eigenvalue weighted by Gasteiger charge is -2.27. The van der Waals surface area contributed by atoms with Gasteiger partial charge in [-0.05, 0) is 37.1 Å². The first-order valence-electron chi connectivity index (χ1n) is 5.76. The van der Waals surface area contributed by atoms with Crippen molar-refractivity contribution in [3.8, 4) is 11.5 Å². The molecule has 3 nitrogen and oxygen atoms in total. The average Bonchev–Trinajstić information content (AvgIpc) is 2.29. The number of ether oxygens (including phenoxy) is 1. The lowest BCUT2D eigenvalue weighted by molar-refractivity contribution is 0.111. The van der Waals surface area contributed by atoms with Crippen LogP contribution in [0.25, 0.3) is 0 Å². The molecule has 0 amide bonds. The van der Waals surface area contributed by atoms with E-state index in [9.17, 15) is 9.90 Å². The number of hydrogen-bond acceptors (Lipinski definition) is 4. The molecule has 1 aliphatic heterocycles. The third kappa shape index (κ3) is 2.27. The highest BCUT2D eigenvalue weighted by Gasteiger charge is 2.25. The fourth-order valence-corrected chi connectivity index (χ4v) is 2.93. The van der Waals surface area contributed by atoms with Crippen molar-refractivity contribution < 1.29 is 14.6 Å². The minimum atomic E-state index is 0.0902. The van der Waals surface area contributed by atoms with E-state index in [2.05, 4.69) is 6.92 Å². The van der Waals surface area contributed by atoms with Crippen molar-refractivity contribution in [1.29, 1.82) is 0 Å². The Morgan fingerprint density at radius 2 is 2.41 bits per heavy atom.